The molecule has 0 N–H and O–H groups in total. The van der Waals surface area contributed by atoms with Gasteiger partial charge in [0, 0.05) is 19.3 Å². The number of carbonyl (C=O) groups is 3. The lowest BCUT2D eigenvalue weighted by atomic mass is 10.1. The molecule has 0 fully saturated rings. The van der Waals surface area contributed by atoms with Crippen LogP contribution in [0.3, 0.4) is 0 Å². The van der Waals surface area contributed by atoms with Crippen molar-refractivity contribution in [3.8, 4) is 0 Å². The molecule has 1 unspecified atom stereocenters. The number of rotatable bonds is 56. The minimum atomic E-state index is -0.819. The summed E-state index contributed by atoms with van der Waals surface area (Å²) in [5.74, 6) is -0.984. The SMILES string of the molecule is CC/C=C\C/C=C\C/C=C\C/C=C\C/C=C\C/C=C\C/C=C\CCCC(=O)OC(COC(=O)CCCCCCC/C=C\CCCC)COC(=O)CCCCCCCCCCCC/C=C\C/C=C\C/C=C\CCCCCCC. The average Bonchev–Trinajstić information content (AvgIpc) is 3.43. The van der Waals surface area contributed by atoms with E-state index in [0.717, 1.165) is 116 Å². The Morgan fingerprint density at radius 3 is 0.883 bits per heavy atom. The van der Waals surface area contributed by atoms with Crippen molar-refractivity contribution in [3.05, 3.63) is 134 Å². The van der Waals surface area contributed by atoms with Crippen molar-refractivity contribution in [2.24, 2.45) is 0 Å². The van der Waals surface area contributed by atoms with Gasteiger partial charge in [0.25, 0.3) is 0 Å². The third-order valence-corrected chi connectivity index (χ3v) is 13.1. The first kappa shape index (κ1) is 72.5. The van der Waals surface area contributed by atoms with E-state index in [4.69, 9.17) is 14.2 Å². The number of hydrogen-bond donors (Lipinski definition) is 0. The van der Waals surface area contributed by atoms with Gasteiger partial charge in [-0.2, -0.15) is 0 Å². The van der Waals surface area contributed by atoms with E-state index in [1.54, 1.807) is 0 Å². The molecule has 0 saturated heterocycles. The Kier molecular flexibility index (Phi) is 60.4. The van der Waals surface area contributed by atoms with Gasteiger partial charge in [-0.15, -0.1) is 0 Å². The van der Waals surface area contributed by atoms with E-state index in [1.807, 2.05) is 0 Å². The molecule has 6 heteroatoms. The quantitative estimate of drug-likeness (QED) is 0.0261. The number of allylic oxidation sites excluding steroid dienone is 22. The molecule has 0 aliphatic heterocycles. The van der Waals surface area contributed by atoms with Crippen molar-refractivity contribution in [2.75, 3.05) is 13.2 Å². The summed E-state index contributed by atoms with van der Waals surface area (Å²) in [6.45, 7) is 6.42. The van der Waals surface area contributed by atoms with Gasteiger partial charge in [-0.3, -0.25) is 14.4 Å². The molecule has 0 aromatic rings. The highest BCUT2D eigenvalue weighted by molar-refractivity contribution is 5.71. The number of unbranched alkanes of at least 4 members (excludes halogenated alkanes) is 23. The van der Waals surface area contributed by atoms with Crippen LogP contribution in [-0.4, -0.2) is 37.2 Å². The van der Waals surface area contributed by atoms with E-state index in [-0.39, 0.29) is 37.5 Å². The van der Waals surface area contributed by atoms with Gasteiger partial charge >= 0.3 is 17.9 Å². The molecule has 436 valence electrons. The standard InChI is InChI=1S/C71H116O6/c1-4-7-10-13-16-19-22-24-26-28-30-32-34-35-37-38-40-42-44-46-49-52-55-58-61-64-70(73)76-67-68(66-75-69(72)63-60-57-54-51-48-21-18-15-12-9-6-3)77-71(74)65-62-59-56-53-50-47-45-43-41-39-36-33-31-29-27-25-23-20-17-14-11-8-5-2/h8,11,15,17-18,20,22,24-25,27-28,30-31,33-35,39,41,45,47,53,56,68H,4-7,9-10,12-14,16,19,21,23,26,29,32,36-38,40,42-44,46,48-52,54-55,57-67H2,1-3H3/b11-8-,18-15-,20-17-,24-22-,27-25-,30-28-,33-31-,35-34-,41-39-,47-45-,56-53-. The lowest BCUT2D eigenvalue weighted by Crippen LogP contribution is -2.30. The minimum absolute atomic E-state index is 0.109. The largest absolute Gasteiger partial charge is 0.462 e. The Labute approximate surface area is 475 Å². The third-order valence-electron chi connectivity index (χ3n) is 13.1. The summed E-state index contributed by atoms with van der Waals surface area (Å²) < 4.78 is 16.8. The van der Waals surface area contributed by atoms with Crippen LogP contribution in [0.4, 0.5) is 0 Å². The van der Waals surface area contributed by atoms with Crippen molar-refractivity contribution in [1.82, 2.24) is 0 Å². The summed E-state index contributed by atoms with van der Waals surface area (Å²) in [4.78, 5) is 38.2. The topological polar surface area (TPSA) is 78.9 Å². The summed E-state index contributed by atoms with van der Waals surface area (Å²) in [5, 5.41) is 0. The van der Waals surface area contributed by atoms with Crippen LogP contribution in [0.1, 0.15) is 278 Å². The summed E-state index contributed by atoms with van der Waals surface area (Å²) in [6, 6.07) is 0. The van der Waals surface area contributed by atoms with Crippen molar-refractivity contribution < 1.29 is 28.6 Å². The van der Waals surface area contributed by atoms with Crippen LogP contribution >= 0.6 is 0 Å². The molecule has 0 aromatic carbocycles. The van der Waals surface area contributed by atoms with E-state index in [9.17, 15) is 14.4 Å². The monoisotopic (exact) mass is 1060 g/mol. The fraction of sp³-hybridized carbons (Fsp3) is 0.648. The lowest BCUT2D eigenvalue weighted by Gasteiger charge is -2.18. The summed E-state index contributed by atoms with van der Waals surface area (Å²) in [7, 11) is 0. The van der Waals surface area contributed by atoms with Gasteiger partial charge in [0.1, 0.15) is 13.2 Å². The number of carbonyl (C=O) groups excluding carboxylic acids is 3. The lowest BCUT2D eigenvalue weighted by molar-refractivity contribution is -0.167. The molecule has 6 nitrogen and oxygen atoms in total. The highest BCUT2D eigenvalue weighted by Crippen LogP contribution is 2.14. The van der Waals surface area contributed by atoms with Gasteiger partial charge in [-0.25, -0.2) is 0 Å². The van der Waals surface area contributed by atoms with Crippen molar-refractivity contribution >= 4 is 17.9 Å². The predicted molar refractivity (Wildman–Crippen MR) is 334 cm³/mol. The number of ether oxygens (including phenoxy) is 3. The van der Waals surface area contributed by atoms with E-state index >= 15 is 0 Å². The Morgan fingerprint density at radius 1 is 0.273 bits per heavy atom. The zero-order valence-electron chi connectivity index (χ0n) is 49.9. The molecule has 0 aromatic heterocycles. The van der Waals surface area contributed by atoms with Gasteiger partial charge in [-0.1, -0.05) is 264 Å². The molecule has 77 heavy (non-hydrogen) atoms. The zero-order valence-corrected chi connectivity index (χ0v) is 49.9. The van der Waals surface area contributed by atoms with Gasteiger partial charge in [0.15, 0.2) is 6.10 Å². The van der Waals surface area contributed by atoms with Crippen LogP contribution in [-0.2, 0) is 28.6 Å². The van der Waals surface area contributed by atoms with E-state index in [2.05, 4.69) is 154 Å². The van der Waals surface area contributed by atoms with Gasteiger partial charge in [0.2, 0.25) is 0 Å². The molecular formula is C71H116O6. The average molecular weight is 1070 g/mol. The minimum Gasteiger partial charge on any atom is -0.462 e. The van der Waals surface area contributed by atoms with Crippen LogP contribution in [0.15, 0.2) is 134 Å². The Morgan fingerprint density at radius 2 is 0.532 bits per heavy atom. The molecule has 1 atom stereocenters. The third kappa shape index (κ3) is 62.3. The van der Waals surface area contributed by atoms with Crippen LogP contribution < -0.4 is 0 Å². The number of esters is 3. The maximum Gasteiger partial charge on any atom is 0.306 e. The maximum absolute atomic E-state index is 12.9. The molecular weight excluding hydrogens is 949 g/mol. The smallest absolute Gasteiger partial charge is 0.306 e. The van der Waals surface area contributed by atoms with Crippen LogP contribution in [0.2, 0.25) is 0 Å². The summed E-state index contributed by atoms with van der Waals surface area (Å²) in [5.41, 5.74) is 0. The van der Waals surface area contributed by atoms with Crippen molar-refractivity contribution in [3.63, 3.8) is 0 Å². The van der Waals surface area contributed by atoms with Gasteiger partial charge in [0.05, 0.1) is 0 Å². The second-order valence-corrected chi connectivity index (χ2v) is 20.6. The first-order chi connectivity index (χ1) is 38.0. The molecule has 0 aliphatic carbocycles. The van der Waals surface area contributed by atoms with E-state index < -0.39 is 6.10 Å². The normalized spacial score (nSPS) is 13.0. The molecule has 0 heterocycles. The molecule has 0 saturated carbocycles. The highest BCUT2D eigenvalue weighted by atomic mass is 16.6. The molecule has 0 bridgehead atoms. The second-order valence-electron chi connectivity index (χ2n) is 20.6. The Hall–Kier alpha value is -4.45. The van der Waals surface area contributed by atoms with Crippen LogP contribution in [0.25, 0.3) is 0 Å². The van der Waals surface area contributed by atoms with Gasteiger partial charge in [-0.05, 0) is 128 Å². The van der Waals surface area contributed by atoms with Crippen molar-refractivity contribution in [2.45, 2.75) is 284 Å². The van der Waals surface area contributed by atoms with E-state index in [0.29, 0.717) is 19.3 Å². The van der Waals surface area contributed by atoms with Crippen LogP contribution in [0, 0.1) is 0 Å². The van der Waals surface area contributed by atoms with Crippen molar-refractivity contribution in [1.29, 1.82) is 0 Å². The Balaban J connectivity index is 4.41. The predicted octanol–water partition coefficient (Wildman–Crippen LogP) is 21.8. The molecule has 0 aliphatic rings. The zero-order chi connectivity index (χ0) is 55.7. The van der Waals surface area contributed by atoms with E-state index in [1.165, 1.54) is 116 Å². The first-order valence-electron chi connectivity index (χ1n) is 31.7. The summed E-state index contributed by atoms with van der Waals surface area (Å²) >= 11 is 0. The fourth-order valence-corrected chi connectivity index (χ4v) is 8.36. The molecule has 0 amide bonds. The maximum atomic E-state index is 12.9. The number of hydrogen-bond acceptors (Lipinski definition) is 6. The molecule has 0 rings (SSSR count). The highest BCUT2D eigenvalue weighted by Gasteiger charge is 2.19. The fourth-order valence-electron chi connectivity index (χ4n) is 8.36. The summed E-state index contributed by atoms with van der Waals surface area (Å²) in [6.07, 6.45) is 90.3. The molecule has 0 spiro atoms. The van der Waals surface area contributed by atoms with Gasteiger partial charge < -0.3 is 14.2 Å². The van der Waals surface area contributed by atoms with Crippen LogP contribution in [0.5, 0.6) is 0 Å². The first-order valence-corrected chi connectivity index (χ1v) is 31.7. The molecule has 0 radical (unpaired) electrons. The Bertz CT molecular complexity index is 1650. The second kappa shape index (κ2) is 64.1.